The molecule has 7 nitrogen and oxygen atoms in total. The van der Waals surface area contributed by atoms with Gasteiger partial charge in [0.2, 0.25) is 0 Å². The summed E-state index contributed by atoms with van der Waals surface area (Å²) >= 11 is 6.17. The zero-order valence-corrected chi connectivity index (χ0v) is 14.8. The second kappa shape index (κ2) is 6.37. The van der Waals surface area contributed by atoms with E-state index in [1.807, 2.05) is 0 Å². The molecule has 1 aliphatic rings. The van der Waals surface area contributed by atoms with Crippen LogP contribution in [0.4, 0.5) is 0 Å². The average molecular weight is 382 g/mol. The number of halogens is 1. The van der Waals surface area contributed by atoms with Gasteiger partial charge in [0.25, 0.3) is 11.8 Å². The minimum atomic E-state index is -0.918. The maximum atomic E-state index is 12.4. The Hall–Kier alpha value is -3.45. The monoisotopic (exact) mass is 381 g/mol. The highest BCUT2D eigenvalue weighted by molar-refractivity contribution is 6.32. The number of imide groups is 1. The van der Waals surface area contributed by atoms with Gasteiger partial charge in [-0.3, -0.25) is 9.59 Å². The zero-order chi connectivity index (χ0) is 19.1. The molecule has 4 rings (SSSR count). The predicted octanol–water partition coefficient (Wildman–Crippen LogP) is 3.20. The van der Waals surface area contributed by atoms with Gasteiger partial charge in [0, 0.05) is 5.69 Å². The van der Waals surface area contributed by atoms with Crippen molar-refractivity contribution >= 4 is 29.4 Å². The van der Waals surface area contributed by atoms with E-state index in [1.54, 1.807) is 43.3 Å². The van der Waals surface area contributed by atoms with Crippen LogP contribution in [0.5, 0.6) is 0 Å². The van der Waals surface area contributed by atoms with Gasteiger partial charge in [-0.1, -0.05) is 40.9 Å². The van der Waals surface area contributed by atoms with E-state index in [0.29, 0.717) is 21.5 Å². The molecule has 2 amide bonds. The smallest absolute Gasteiger partial charge is 0.322 e. The second-order valence-electron chi connectivity index (χ2n) is 5.86. The summed E-state index contributed by atoms with van der Waals surface area (Å²) in [5, 5.41) is 5.11. The van der Waals surface area contributed by atoms with Crippen molar-refractivity contribution in [3.63, 3.8) is 0 Å². The third-order valence-corrected chi connectivity index (χ3v) is 4.43. The van der Waals surface area contributed by atoms with Crippen LogP contribution in [0.2, 0.25) is 5.02 Å². The number of hydrogen-bond donors (Lipinski definition) is 0. The van der Waals surface area contributed by atoms with Gasteiger partial charge < -0.3 is 4.84 Å². The summed E-state index contributed by atoms with van der Waals surface area (Å²) in [7, 11) is 0. The quantitative estimate of drug-likeness (QED) is 0.651. The number of aromatic nitrogens is 2. The number of hydroxylamine groups is 2. The number of benzene rings is 2. The summed E-state index contributed by atoms with van der Waals surface area (Å²) in [6.07, 6.45) is 0. The lowest BCUT2D eigenvalue weighted by molar-refractivity contribution is -0.0588. The average Bonchev–Trinajstić information content (AvgIpc) is 3.16. The molecular weight excluding hydrogens is 370 g/mol. The van der Waals surface area contributed by atoms with Gasteiger partial charge in [0.05, 0.1) is 21.8 Å². The SMILES string of the molecule is Cc1cc(C(=O)ON2C(=O)c3ccccc3C2=O)nn1-c1ccccc1Cl. The molecule has 1 aliphatic heterocycles. The fraction of sp³-hybridized carbons (Fsp3) is 0.0526. The topological polar surface area (TPSA) is 81.5 Å². The molecule has 0 fully saturated rings. The molecule has 0 spiro atoms. The van der Waals surface area contributed by atoms with Crippen molar-refractivity contribution < 1.29 is 19.2 Å². The molecule has 27 heavy (non-hydrogen) atoms. The van der Waals surface area contributed by atoms with Crippen molar-refractivity contribution in [2.75, 3.05) is 0 Å². The van der Waals surface area contributed by atoms with Crippen molar-refractivity contribution in [2.45, 2.75) is 6.92 Å². The van der Waals surface area contributed by atoms with Gasteiger partial charge in [0.1, 0.15) is 0 Å². The van der Waals surface area contributed by atoms with Gasteiger partial charge in [-0.15, -0.1) is 0 Å². The number of carbonyl (C=O) groups is 3. The lowest BCUT2D eigenvalue weighted by Gasteiger charge is -2.11. The lowest BCUT2D eigenvalue weighted by Crippen LogP contribution is -2.32. The number of amides is 2. The molecule has 0 unspecified atom stereocenters. The molecule has 0 saturated heterocycles. The first-order chi connectivity index (χ1) is 13.0. The fourth-order valence-electron chi connectivity index (χ4n) is 2.82. The summed E-state index contributed by atoms with van der Waals surface area (Å²) in [4.78, 5) is 42.1. The third kappa shape index (κ3) is 2.78. The molecular formula is C19H12ClN3O4. The summed E-state index contributed by atoms with van der Waals surface area (Å²) in [5.41, 5.74) is 1.55. The highest BCUT2D eigenvalue weighted by Gasteiger charge is 2.39. The van der Waals surface area contributed by atoms with Gasteiger partial charge in [-0.05, 0) is 37.3 Å². The van der Waals surface area contributed by atoms with Crippen molar-refractivity contribution in [1.82, 2.24) is 14.8 Å². The van der Waals surface area contributed by atoms with Gasteiger partial charge >= 0.3 is 5.97 Å². The van der Waals surface area contributed by atoms with E-state index in [9.17, 15) is 14.4 Å². The Labute approximate surface area is 158 Å². The first kappa shape index (κ1) is 17.0. The maximum absolute atomic E-state index is 12.4. The van der Waals surface area contributed by atoms with E-state index in [2.05, 4.69) is 5.10 Å². The first-order valence-electron chi connectivity index (χ1n) is 7.99. The van der Waals surface area contributed by atoms with Crippen LogP contribution in [-0.2, 0) is 4.84 Å². The molecule has 1 aromatic heterocycles. The molecule has 3 aromatic rings. The van der Waals surface area contributed by atoms with Gasteiger partial charge in [-0.2, -0.15) is 5.10 Å². The summed E-state index contributed by atoms with van der Waals surface area (Å²) < 4.78 is 1.49. The molecule has 2 aromatic carbocycles. The minimum Gasteiger partial charge on any atom is -0.322 e. The maximum Gasteiger partial charge on any atom is 0.384 e. The Bertz CT molecular complexity index is 1070. The molecule has 134 valence electrons. The molecule has 0 radical (unpaired) electrons. The van der Waals surface area contributed by atoms with E-state index < -0.39 is 17.8 Å². The van der Waals surface area contributed by atoms with Crippen LogP contribution in [0.25, 0.3) is 5.69 Å². The highest BCUT2D eigenvalue weighted by atomic mass is 35.5. The van der Waals surface area contributed by atoms with Crippen LogP contribution < -0.4 is 0 Å². The lowest BCUT2D eigenvalue weighted by atomic mass is 10.1. The third-order valence-electron chi connectivity index (χ3n) is 4.11. The van der Waals surface area contributed by atoms with E-state index in [4.69, 9.17) is 16.4 Å². The van der Waals surface area contributed by atoms with E-state index in [0.717, 1.165) is 0 Å². The number of nitrogens with zero attached hydrogens (tertiary/aromatic N) is 3. The zero-order valence-electron chi connectivity index (χ0n) is 14.0. The van der Waals surface area contributed by atoms with Crippen LogP contribution in [0.3, 0.4) is 0 Å². The fourth-order valence-corrected chi connectivity index (χ4v) is 3.04. The number of hydrogen-bond acceptors (Lipinski definition) is 5. The largest absolute Gasteiger partial charge is 0.384 e. The second-order valence-corrected chi connectivity index (χ2v) is 6.27. The Morgan fingerprint density at radius 2 is 1.59 bits per heavy atom. The van der Waals surface area contributed by atoms with Gasteiger partial charge in [0.15, 0.2) is 5.69 Å². The van der Waals surface area contributed by atoms with Crippen LogP contribution in [0, 0.1) is 6.92 Å². The molecule has 0 atom stereocenters. The van der Waals surface area contributed by atoms with Crippen LogP contribution in [0.15, 0.2) is 54.6 Å². The molecule has 0 N–H and O–H groups in total. The first-order valence-corrected chi connectivity index (χ1v) is 8.37. The van der Waals surface area contributed by atoms with E-state index in [1.165, 1.54) is 22.9 Å². The molecule has 2 heterocycles. The Balaban J connectivity index is 1.60. The van der Waals surface area contributed by atoms with Crippen LogP contribution in [0.1, 0.15) is 36.9 Å². The van der Waals surface area contributed by atoms with Crippen molar-refractivity contribution in [2.24, 2.45) is 0 Å². The molecule has 0 saturated carbocycles. The number of rotatable bonds is 3. The number of para-hydroxylation sites is 1. The van der Waals surface area contributed by atoms with Crippen molar-refractivity contribution in [3.05, 3.63) is 82.1 Å². The normalized spacial score (nSPS) is 13.0. The Kier molecular flexibility index (Phi) is 4.01. The Morgan fingerprint density at radius 1 is 1.00 bits per heavy atom. The molecule has 0 bridgehead atoms. The van der Waals surface area contributed by atoms with Crippen LogP contribution in [-0.4, -0.2) is 32.6 Å². The Morgan fingerprint density at radius 3 is 2.22 bits per heavy atom. The summed E-state index contributed by atoms with van der Waals surface area (Å²) in [5.74, 6) is -2.30. The highest BCUT2D eigenvalue weighted by Crippen LogP contribution is 2.24. The van der Waals surface area contributed by atoms with Gasteiger partial charge in [-0.25, -0.2) is 9.48 Å². The number of fused-ring (bicyclic) bond motifs is 1. The molecule has 8 heteroatoms. The predicted molar refractivity (Wildman–Crippen MR) is 95.7 cm³/mol. The molecule has 0 aliphatic carbocycles. The summed E-state index contributed by atoms with van der Waals surface area (Å²) in [6, 6.07) is 14.8. The van der Waals surface area contributed by atoms with E-state index in [-0.39, 0.29) is 16.8 Å². The number of carbonyl (C=O) groups excluding carboxylic acids is 3. The number of aryl methyl sites for hydroxylation is 1. The van der Waals surface area contributed by atoms with Crippen LogP contribution >= 0.6 is 11.6 Å². The minimum absolute atomic E-state index is 0.0519. The standard InChI is InChI=1S/C19H12ClN3O4/c1-11-10-15(21-22(11)16-9-5-4-8-14(16)20)19(26)27-23-17(24)12-6-2-3-7-13(12)18(23)25/h2-10H,1H3. The summed E-state index contributed by atoms with van der Waals surface area (Å²) in [6.45, 7) is 1.75. The van der Waals surface area contributed by atoms with Crippen molar-refractivity contribution in [3.8, 4) is 5.69 Å². The van der Waals surface area contributed by atoms with Crippen molar-refractivity contribution in [1.29, 1.82) is 0 Å². The van der Waals surface area contributed by atoms with E-state index >= 15 is 0 Å².